The van der Waals surface area contributed by atoms with Crippen molar-refractivity contribution in [3.05, 3.63) is 26.4 Å². The fraction of sp³-hybridized carbons (Fsp3) is 0.375. The van der Waals surface area contributed by atoms with E-state index in [-0.39, 0.29) is 0 Å². The summed E-state index contributed by atoms with van der Waals surface area (Å²) in [6.45, 7) is 0. The lowest BCUT2D eigenvalue weighted by Crippen LogP contribution is -2.40. The van der Waals surface area contributed by atoms with Crippen LogP contribution in [0, 0.1) is 0 Å². The van der Waals surface area contributed by atoms with Gasteiger partial charge in [0.25, 0.3) is 5.56 Å². The third-order valence-corrected chi connectivity index (χ3v) is 2.47. The highest BCUT2D eigenvalue weighted by molar-refractivity contribution is 6.55. The van der Waals surface area contributed by atoms with E-state index in [0.717, 1.165) is 4.57 Å². The van der Waals surface area contributed by atoms with Gasteiger partial charge in [-0.15, -0.1) is 0 Å². The zero-order chi connectivity index (χ0) is 12.6. The van der Waals surface area contributed by atoms with Crippen molar-refractivity contribution in [2.24, 2.45) is 14.1 Å². The second-order valence-corrected chi connectivity index (χ2v) is 4.17. The Morgan fingerprint density at radius 3 is 2.19 bits per heavy atom. The molecule has 0 spiro atoms. The highest BCUT2D eigenvalue weighted by Gasteiger charge is 2.25. The molecule has 1 N–H and O–H groups in total. The van der Waals surface area contributed by atoms with Crippen molar-refractivity contribution in [1.29, 1.82) is 0 Å². The molecule has 0 aliphatic rings. The first-order valence-electron chi connectivity index (χ1n) is 4.10. The molecule has 1 aromatic rings. The lowest BCUT2D eigenvalue weighted by Gasteiger charge is -2.09. The smallest absolute Gasteiger partial charge is 0.333 e. The molecule has 0 bridgehead atoms. The van der Waals surface area contributed by atoms with Crippen molar-refractivity contribution in [3.63, 3.8) is 0 Å². The fourth-order valence-corrected chi connectivity index (χ4v) is 1.38. The van der Waals surface area contributed by atoms with Gasteiger partial charge in [0.1, 0.15) is 5.56 Å². The quantitative estimate of drug-likeness (QED) is 0.593. The molecule has 0 atom stereocenters. The fourth-order valence-electron chi connectivity index (χ4n) is 1.16. The molecule has 8 heteroatoms. The predicted octanol–water partition coefficient (Wildman–Crippen LogP) is -0.224. The second-order valence-electron chi connectivity index (χ2n) is 3.07. The van der Waals surface area contributed by atoms with Crippen LogP contribution in [-0.2, 0) is 14.1 Å². The molecule has 1 aromatic heterocycles. The maximum Gasteiger partial charge on any atom is 0.333 e. The first-order chi connectivity index (χ1) is 7.29. The number of nitrogens with zero attached hydrogens (tertiary/aromatic N) is 2. The Hall–Kier alpha value is -1.27. The molecule has 1 heterocycles. The van der Waals surface area contributed by atoms with E-state index in [0.29, 0.717) is 4.57 Å². The van der Waals surface area contributed by atoms with E-state index < -0.39 is 33.3 Å². The normalized spacial score (nSPS) is 10.8. The first-order valence-corrected chi connectivity index (χ1v) is 4.97. The van der Waals surface area contributed by atoms with E-state index in [2.05, 4.69) is 0 Å². The van der Waals surface area contributed by atoms with Gasteiger partial charge in [-0.2, -0.15) is 0 Å². The van der Waals surface area contributed by atoms with Crippen LogP contribution in [0.15, 0.2) is 9.59 Å². The van der Waals surface area contributed by atoms with Crippen LogP contribution in [0.3, 0.4) is 0 Å². The predicted molar refractivity (Wildman–Crippen MR) is 58.4 cm³/mol. The lowest BCUT2D eigenvalue weighted by atomic mass is 10.2. The molecule has 16 heavy (non-hydrogen) atoms. The minimum absolute atomic E-state index is 0.598. The SMILES string of the molecule is Cn1c(O)c(C(=O)C(Cl)Cl)c(=O)n(C)c1=O. The largest absolute Gasteiger partial charge is 0.494 e. The van der Waals surface area contributed by atoms with Crippen LogP contribution in [0.5, 0.6) is 5.88 Å². The second kappa shape index (κ2) is 4.31. The van der Waals surface area contributed by atoms with E-state index >= 15 is 0 Å². The summed E-state index contributed by atoms with van der Waals surface area (Å²) >= 11 is 10.6. The number of carbonyl (C=O) groups excluding carboxylic acids is 1. The number of hydrogen-bond donors (Lipinski definition) is 1. The van der Waals surface area contributed by atoms with Gasteiger partial charge in [-0.3, -0.25) is 18.7 Å². The third kappa shape index (κ3) is 1.85. The number of ketones is 1. The van der Waals surface area contributed by atoms with Gasteiger partial charge in [-0.25, -0.2) is 4.79 Å². The monoisotopic (exact) mass is 266 g/mol. The zero-order valence-corrected chi connectivity index (χ0v) is 9.91. The Morgan fingerprint density at radius 1 is 1.25 bits per heavy atom. The van der Waals surface area contributed by atoms with Crippen molar-refractivity contribution < 1.29 is 9.90 Å². The van der Waals surface area contributed by atoms with Gasteiger partial charge in [0.15, 0.2) is 4.84 Å². The van der Waals surface area contributed by atoms with Crippen LogP contribution in [0.2, 0.25) is 0 Å². The van der Waals surface area contributed by atoms with Gasteiger partial charge in [0, 0.05) is 14.1 Å². The Morgan fingerprint density at radius 2 is 1.75 bits per heavy atom. The lowest BCUT2D eigenvalue weighted by molar-refractivity contribution is 0.1000. The molecular weight excluding hydrogens is 259 g/mol. The van der Waals surface area contributed by atoms with Crippen molar-refractivity contribution in [2.45, 2.75) is 4.84 Å². The number of rotatable bonds is 2. The van der Waals surface area contributed by atoms with Crippen molar-refractivity contribution >= 4 is 29.0 Å². The first kappa shape index (κ1) is 12.8. The summed E-state index contributed by atoms with van der Waals surface area (Å²) in [7, 11) is 2.39. The van der Waals surface area contributed by atoms with Crippen LogP contribution in [0.25, 0.3) is 0 Å². The summed E-state index contributed by atoms with van der Waals surface area (Å²) in [6, 6.07) is 0. The Kier molecular flexibility index (Phi) is 3.44. The molecule has 0 aromatic carbocycles. The number of aromatic hydroxyl groups is 1. The molecule has 0 radical (unpaired) electrons. The summed E-state index contributed by atoms with van der Waals surface area (Å²) in [5.74, 6) is -1.69. The molecule has 0 saturated heterocycles. The van der Waals surface area contributed by atoms with Gasteiger partial charge < -0.3 is 5.11 Å². The summed E-state index contributed by atoms with van der Waals surface area (Å²) < 4.78 is 1.44. The Labute approximate surface area is 99.6 Å². The molecule has 0 amide bonds. The molecule has 6 nitrogen and oxygen atoms in total. The van der Waals surface area contributed by atoms with E-state index in [1.54, 1.807) is 0 Å². The number of hydrogen-bond acceptors (Lipinski definition) is 4. The number of halogens is 2. The molecular formula is C8H8Cl2N2O4. The highest BCUT2D eigenvalue weighted by atomic mass is 35.5. The van der Waals surface area contributed by atoms with Crippen molar-refractivity contribution in [2.75, 3.05) is 0 Å². The van der Waals surface area contributed by atoms with Crippen LogP contribution in [0.4, 0.5) is 0 Å². The van der Waals surface area contributed by atoms with Gasteiger partial charge >= 0.3 is 5.69 Å². The molecule has 0 saturated carbocycles. The molecule has 0 aliphatic heterocycles. The third-order valence-electron chi connectivity index (χ3n) is 2.08. The Bertz CT molecular complexity index is 558. The number of Topliss-reactive ketones (excluding diaryl/α,β-unsaturated/α-hetero) is 1. The van der Waals surface area contributed by atoms with Crippen molar-refractivity contribution in [3.8, 4) is 5.88 Å². The zero-order valence-electron chi connectivity index (χ0n) is 8.40. The number of carbonyl (C=O) groups is 1. The molecule has 0 fully saturated rings. The van der Waals surface area contributed by atoms with Gasteiger partial charge in [0.05, 0.1) is 0 Å². The maximum atomic E-state index is 11.6. The summed E-state index contributed by atoms with van der Waals surface area (Å²) in [5.41, 5.74) is -2.28. The summed E-state index contributed by atoms with van der Waals surface area (Å²) in [4.78, 5) is 32.9. The minimum Gasteiger partial charge on any atom is -0.494 e. The van der Waals surface area contributed by atoms with Gasteiger partial charge in [0.2, 0.25) is 11.7 Å². The van der Waals surface area contributed by atoms with Gasteiger partial charge in [-0.05, 0) is 0 Å². The average Bonchev–Trinajstić information content (AvgIpc) is 2.23. The standard InChI is InChI=1S/C8H8Cl2N2O4/c1-11-6(14)3(4(13)5(9)10)7(15)12(2)8(11)16/h5,14H,1-2H3. The Balaban J connectivity index is 3.72. The van der Waals surface area contributed by atoms with E-state index in [9.17, 15) is 19.5 Å². The topological polar surface area (TPSA) is 81.3 Å². The van der Waals surface area contributed by atoms with E-state index in [4.69, 9.17) is 23.2 Å². The summed E-state index contributed by atoms with van der Waals surface area (Å²) in [6.07, 6.45) is 0. The molecule has 88 valence electrons. The maximum absolute atomic E-state index is 11.6. The molecule has 1 rings (SSSR count). The molecule has 0 unspecified atom stereocenters. The van der Waals surface area contributed by atoms with E-state index in [1.165, 1.54) is 14.1 Å². The average molecular weight is 267 g/mol. The van der Waals surface area contributed by atoms with Crippen LogP contribution in [-0.4, -0.2) is 24.9 Å². The van der Waals surface area contributed by atoms with Crippen LogP contribution < -0.4 is 11.2 Å². The molecule has 0 aliphatic carbocycles. The minimum atomic E-state index is -1.48. The van der Waals surface area contributed by atoms with E-state index in [1.807, 2.05) is 0 Å². The van der Waals surface area contributed by atoms with Gasteiger partial charge in [-0.1, -0.05) is 23.2 Å². The van der Waals surface area contributed by atoms with Crippen LogP contribution in [0.1, 0.15) is 10.4 Å². The number of aromatic nitrogens is 2. The van der Waals surface area contributed by atoms with Crippen molar-refractivity contribution in [1.82, 2.24) is 9.13 Å². The highest BCUT2D eigenvalue weighted by Crippen LogP contribution is 2.15. The summed E-state index contributed by atoms with van der Waals surface area (Å²) in [5, 5.41) is 9.51. The number of alkyl halides is 2. The van der Waals surface area contributed by atoms with Crippen LogP contribution >= 0.6 is 23.2 Å².